The Morgan fingerprint density at radius 3 is 3.00 bits per heavy atom. The molecule has 0 amide bonds. The highest BCUT2D eigenvalue weighted by atomic mass is 16.5. The number of ether oxygens (including phenoxy) is 1. The average Bonchev–Trinajstić information content (AvgIpc) is 1.90. The van der Waals surface area contributed by atoms with Crippen LogP contribution in [-0.2, 0) is 4.74 Å². The predicted octanol–water partition coefficient (Wildman–Crippen LogP) is 1.44. The minimum absolute atomic E-state index is 0.618. The highest BCUT2D eigenvalue weighted by molar-refractivity contribution is 5.22. The summed E-state index contributed by atoms with van der Waals surface area (Å²) < 4.78 is 4.87. The number of rotatable bonds is 0. The van der Waals surface area contributed by atoms with Crippen LogP contribution in [0.1, 0.15) is 6.42 Å². The summed E-state index contributed by atoms with van der Waals surface area (Å²) in [6, 6.07) is 0. The molecule has 1 aliphatic rings. The first-order valence-corrected chi connectivity index (χ1v) is 2.42. The lowest BCUT2D eigenvalue weighted by molar-refractivity contribution is 0.364. The van der Waals surface area contributed by atoms with E-state index in [0.717, 1.165) is 6.42 Å². The van der Waals surface area contributed by atoms with Gasteiger partial charge in [-0.05, 0) is 24.5 Å². The fourth-order valence-corrected chi connectivity index (χ4v) is 0.493. The van der Waals surface area contributed by atoms with Gasteiger partial charge in [0.1, 0.15) is 0 Å². The second kappa shape index (κ2) is 2.23. The lowest BCUT2D eigenvalue weighted by atomic mass is 10.3. The maximum atomic E-state index is 5.03. The minimum Gasteiger partial charge on any atom is -0.457 e. The van der Waals surface area contributed by atoms with Crippen molar-refractivity contribution in [2.45, 2.75) is 6.42 Å². The van der Waals surface area contributed by atoms with Gasteiger partial charge >= 0.3 is 0 Å². The van der Waals surface area contributed by atoms with Gasteiger partial charge in [-0.15, -0.1) is 6.42 Å². The molecule has 1 aliphatic heterocycles. The topological polar surface area (TPSA) is 9.23 Å². The van der Waals surface area contributed by atoms with Crippen molar-refractivity contribution in [3.63, 3.8) is 0 Å². The second-order valence-electron chi connectivity index (χ2n) is 1.44. The van der Waals surface area contributed by atoms with Gasteiger partial charge in [0.25, 0.3) is 0 Å². The third-order valence-corrected chi connectivity index (χ3v) is 0.873. The Bertz CT molecular complexity index is 169. The molecule has 0 aromatic rings. The molecule has 1 heterocycles. The van der Waals surface area contributed by atoms with Crippen molar-refractivity contribution in [2.75, 3.05) is 0 Å². The van der Waals surface area contributed by atoms with Gasteiger partial charge in [0, 0.05) is 0 Å². The average molecular weight is 106 g/mol. The predicted molar refractivity (Wildman–Crippen MR) is 31.8 cm³/mol. The van der Waals surface area contributed by atoms with E-state index in [1.54, 1.807) is 6.26 Å². The van der Waals surface area contributed by atoms with E-state index in [1.165, 1.54) is 0 Å². The molecule has 8 heavy (non-hydrogen) atoms. The molecule has 0 unspecified atom stereocenters. The third-order valence-electron chi connectivity index (χ3n) is 0.873. The zero-order chi connectivity index (χ0) is 5.82. The van der Waals surface area contributed by atoms with Crippen molar-refractivity contribution < 1.29 is 4.74 Å². The van der Waals surface area contributed by atoms with Crippen LogP contribution >= 0.6 is 0 Å². The van der Waals surface area contributed by atoms with Crippen LogP contribution < -0.4 is 0 Å². The van der Waals surface area contributed by atoms with Gasteiger partial charge in [-0.1, -0.05) is 0 Å². The van der Waals surface area contributed by atoms with Gasteiger partial charge in [-0.2, -0.15) is 0 Å². The molecule has 0 aromatic carbocycles. The highest BCUT2D eigenvalue weighted by Crippen LogP contribution is 2.04. The lowest BCUT2D eigenvalue weighted by Gasteiger charge is -2.00. The van der Waals surface area contributed by atoms with E-state index in [1.807, 2.05) is 12.2 Å². The molecule has 1 heteroatoms. The zero-order valence-electron chi connectivity index (χ0n) is 4.42. The number of hydrogen-bond donors (Lipinski definition) is 0. The van der Waals surface area contributed by atoms with Crippen LogP contribution in [-0.4, -0.2) is 0 Å². The molecule has 0 saturated heterocycles. The van der Waals surface area contributed by atoms with Crippen molar-refractivity contribution in [3.8, 4) is 12.3 Å². The van der Waals surface area contributed by atoms with Crippen LogP contribution in [0.3, 0.4) is 0 Å². The standard InChI is InChI=1S/C7H6O/c1-2-7-5-3-4-6-8-7/h1,4-6H,3H2. The SMILES string of the molecule is C#CC1=CCC=CO1. The van der Waals surface area contributed by atoms with Gasteiger partial charge in [0.05, 0.1) is 6.26 Å². The first-order chi connectivity index (χ1) is 3.93. The molecule has 1 rings (SSSR count). The summed E-state index contributed by atoms with van der Waals surface area (Å²) in [4.78, 5) is 0. The number of hydrogen-bond acceptors (Lipinski definition) is 1. The van der Waals surface area contributed by atoms with Crippen LogP contribution in [0.2, 0.25) is 0 Å². The molecule has 0 spiro atoms. The first-order valence-electron chi connectivity index (χ1n) is 2.42. The van der Waals surface area contributed by atoms with Gasteiger partial charge in [0.15, 0.2) is 5.76 Å². The summed E-state index contributed by atoms with van der Waals surface area (Å²) in [6.07, 6.45) is 11.3. The molecule has 0 atom stereocenters. The normalized spacial score (nSPS) is 16.1. The number of allylic oxidation sites excluding steroid dienone is 3. The smallest absolute Gasteiger partial charge is 0.172 e. The Hall–Kier alpha value is -1.16. The maximum Gasteiger partial charge on any atom is 0.172 e. The zero-order valence-corrected chi connectivity index (χ0v) is 4.42. The molecule has 1 nitrogen and oxygen atoms in total. The summed E-state index contributed by atoms with van der Waals surface area (Å²) in [5.74, 6) is 3.01. The van der Waals surface area contributed by atoms with Gasteiger partial charge in [-0.25, -0.2) is 0 Å². The molecule has 40 valence electrons. The number of terminal acetylenes is 1. The lowest BCUT2D eigenvalue weighted by Crippen LogP contribution is -1.84. The summed E-state index contributed by atoms with van der Waals surface area (Å²) in [5.41, 5.74) is 0. The van der Waals surface area contributed by atoms with E-state index in [4.69, 9.17) is 11.2 Å². The third kappa shape index (κ3) is 0.913. The van der Waals surface area contributed by atoms with Crippen LogP contribution in [0.4, 0.5) is 0 Å². The monoisotopic (exact) mass is 106 g/mol. The van der Waals surface area contributed by atoms with Gasteiger partial charge < -0.3 is 4.74 Å². The maximum absolute atomic E-state index is 5.03. The van der Waals surface area contributed by atoms with Crippen LogP contribution in [0.25, 0.3) is 0 Å². The highest BCUT2D eigenvalue weighted by Gasteiger charge is 1.91. The van der Waals surface area contributed by atoms with Crippen LogP contribution in [0.15, 0.2) is 24.2 Å². The summed E-state index contributed by atoms with van der Waals surface area (Å²) in [5, 5.41) is 0. The van der Waals surface area contributed by atoms with E-state index in [-0.39, 0.29) is 0 Å². The molecule has 0 saturated carbocycles. The van der Waals surface area contributed by atoms with E-state index < -0.39 is 0 Å². The molecule has 0 aliphatic carbocycles. The van der Waals surface area contributed by atoms with E-state index in [2.05, 4.69) is 5.92 Å². The second-order valence-corrected chi connectivity index (χ2v) is 1.44. The minimum atomic E-state index is 0.618. The molecular weight excluding hydrogens is 100 g/mol. The van der Waals surface area contributed by atoms with Crippen molar-refractivity contribution in [3.05, 3.63) is 24.2 Å². The van der Waals surface area contributed by atoms with Crippen molar-refractivity contribution in [1.82, 2.24) is 0 Å². The van der Waals surface area contributed by atoms with Crippen LogP contribution in [0, 0.1) is 12.3 Å². The largest absolute Gasteiger partial charge is 0.457 e. The van der Waals surface area contributed by atoms with Crippen LogP contribution in [0.5, 0.6) is 0 Å². The fraction of sp³-hybridized carbons (Fsp3) is 0.143. The van der Waals surface area contributed by atoms with Gasteiger partial charge in [-0.3, -0.25) is 0 Å². The Labute approximate surface area is 48.7 Å². The molecule has 0 radical (unpaired) electrons. The molecule has 0 bridgehead atoms. The quantitative estimate of drug-likeness (QED) is 0.424. The Balaban J connectivity index is 2.59. The molecule has 0 aromatic heterocycles. The summed E-state index contributed by atoms with van der Waals surface area (Å²) in [6.45, 7) is 0. The Morgan fingerprint density at radius 1 is 1.75 bits per heavy atom. The van der Waals surface area contributed by atoms with Crippen molar-refractivity contribution >= 4 is 0 Å². The van der Waals surface area contributed by atoms with E-state index in [0.29, 0.717) is 5.76 Å². The Kier molecular flexibility index (Phi) is 1.39. The van der Waals surface area contributed by atoms with Crippen molar-refractivity contribution in [1.29, 1.82) is 0 Å². The van der Waals surface area contributed by atoms with E-state index >= 15 is 0 Å². The van der Waals surface area contributed by atoms with E-state index in [9.17, 15) is 0 Å². The van der Waals surface area contributed by atoms with Crippen molar-refractivity contribution in [2.24, 2.45) is 0 Å². The fourth-order valence-electron chi connectivity index (χ4n) is 0.493. The first kappa shape index (κ1) is 4.99. The summed E-state index contributed by atoms with van der Waals surface area (Å²) >= 11 is 0. The molecule has 0 N–H and O–H groups in total. The summed E-state index contributed by atoms with van der Waals surface area (Å²) in [7, 11) is 0. The van der Waals surface area contributed by atoms with Gasteiger partial charge in [0.2, 0.25) is 0 Å². The Morgan fingerprint density at radius 2 is 2.62 bits per heavy atom. The molecular formula is C7H6O. The molecule has 0 fully saturated rings.